The Morgan fingerprint density at radius 1 is 1.45 bits per heavy atom. The number of aliphatic hydroxyl groups is 1. The van der Waals surface area contributed by atoms with Crippen LogP contribution >= 0.6 is 0 Å². The van der Waals surface area contributed by atoms with Gasteiger partial charge in [-0.1, -0.05) is 6.08 Å². The van der Waals surface area contributed by atoms with E-state index in [4.69, 9.17) is 9.84 Å². The van der Waals surface area contributed by atoms with E-state index in [-0.39, 0.29) is 19.1 Å². The molecule has 0 aliphatic heterocycles. The van der Waals surface area contributed by atoms with Gasteiger partial charge in [0.05, 0.1) is 19.4 Å². The third kappa shape index (κ3) is 3.53. The van der Waals surface area contributed by atoms with Crippen LogP contribution < -0.4 is 4.74 Å². The summed E-state index contributed by atoms with van der Waals surface area (Å²) in [4.78, 5) is 13.8. The number of H-pyrrole nitrogens is 1. The molecule has 0 fully saturated rings. The fraction of sp³-hybridized carbons (Fsp3) is 0.250. The molecule has 2 aromatic rings. The number of hydrogen-bond donors (Lipinski definition) is 2. The summed E-state index contributed by atoms with van der Waals surface area (Å²) in [5.74, 6) is 0.539. The van der Waals surface area contributed by atoms with Crippen molar-refractivity contribution >= 4 is 5.91 Å². The summed E-state index contributed by atoms with van der Waals surface area (Å²) in [6, 6.07) is 9.11. The fourth-order valence-electron chi connectivity index (χ4n) is 2.06. The monoisotopic (exact) mass is 301 g/mol. The second-order valence-electron chi connectivity index (χ2n) is 4.66. The summed E-state index contributed by atoms with van der Waals surface area (Å²) >= 11 is 0. The highest BCUT2D eigenvalue weighted by Gasteiger charge is 2.17. The molecule has 6 heteroatoms. The van der Waals surface area contributed by atoms with Crippen molar-refractivity contribution in [2.24, 2.45) is 0 Å². The lowest BCUT2D eigenvalue weighted by atomic mass is 10.1. The maximum atomic E-state index is 12.3. The zero-order valence-electron chi connectivity index (χ0n) is 12.5. The molecule has 2 rings (SSSR count). The Morgan fingerprint density at radius 2 is 2.18 bits per heavy atom. The zero-order chi connectivity index (χ0) is 15.9. The number of rotatable bonds is 7. The van der Waals surface area contributed by atoms with Crippen LogP contribution in [0.4, 0.5) is 0 Å². The minimum absolute atomic E-state index is 0.0982. The standard InChI is InChI=1S/C16H19N3O3/c1-3-8-19(9-10-20)16(21)15-11-14(17-18-15)12-4-6-13(22-2)7-5-12/h3-7,11,20H,1,8-10H2,2H3,(H,17,18). The van der Waals surface area contributed by atoms with Crippen LogP contribution in [0.3, 0.4) is 0 Å². The van der Waals surface area contributed by atoms with Gasteiger partial charge in [0.15, 0.2) is 0 Å². The summed E-state index contributed by atoms with van der Waals surface area (Å²) in [5, 5.41) is 15.9. The highest BCUT2D eigenvalue weighted by molar-refractivity contribution is 5.93. The first-order valence-electron chi connectivity index (χ1n) is 6.90. The molecule has 0 aliphatic rings. The first kappa shape index (κ1) is 15.8. The summed E-state index contributed by atoms with van der Waals surface area (Å²) in [7, 11) is 1.61. The number of amides is 1. The Hall–Kier alpha value is -2.60. The average molecular weight is 301 g/mol. The third-order valence-electron chi connectivity index (χ3n) is 3.20. The number of ether oxygens (including phenoxy) is 1. The average Bonchev–Trinajstić information content (AvgIpc) is 3.04. The molecule has 0 atom stereocenters. The van der Waals surface area contributed by atoms with Crippen molar-refractivity contribution in [2.75, 3.05) is 26.8 Å². The van der Waals surface area contributed by atoms with Crippen LogP contribution in [0.15, 0.2) is 43.0 Å². The van der Waals surface area contributed by atoms with Crippen molar-refractivity contribution in [1.29, 1.82) is 0 Å². The summed E-state index contributed by atoms with van der Waals surface area (Å²) in [6.07, 6.45) is 1.62. The fourth-order valence-corrected chi connectivity index (χ4v) is 2.06. The molecule has 116 valence electrons. The van der Waals surface area contributed by atoms with Crippen molar-refractivity contribution in [3.63, 3.8) is 0 Å². The van der Waals surface area contributed by atoms with E-state index in [0.717, 1.165) is 11.3 Å². The van der Waals surface area contributed by atoms with Crippen LogP contribution in [0.5, 0.6) is 5.75 Å². The molecule has 0 radical (unpaired) electrons. The van der Waals surface area contributed by atoms with Gasteiger partial charge in [0, 0.05) is 18.7 Å². The quantitative estimate of drug-likeness (QED) is 0.763. The van der Waals surface area contributed by atoms with Crippen LogP contribution in [0.25, 0.3) is 11.3 Å². The SMILES string of the molecule is C=CCN(CCO)C(=O)c1cc(-c2ccc(OC)cc2)n[nH]1. The van der Waals surface area contributed by atoms with E-state index in [1.165, 1.54) is 4.90 Å². The molecule has 0 saturated heterocycles. The predicted molar refractivity (Wildman–Crippen MR) is 83.8 cm³/mol. The van der Waals surface area contributed by atoms with Gasteiger partial charge in [-0.2, -0.15) is 5.10 Å². The van der Waals surface area contributed by atoms with E-state index in [0.29, 0.717) is 17.9 Å². The maximum absolute atomic E-state index is 12.3. The highest BCUT2D eigenvalue weighted by atomic mass is 16.5. The molecular formula is C16H19N3O3. The molecule has 0 saturated carbocycles. The van der Waals surface area contributed by atoms with Gasteiger partial charge in [0.25, 0.3) is 5.91 Å². The van der Waals surface area contributed by atoms with E-state index in [9.17, 15) is 4.79 Å². The molecule has 0 unspecified atom stereocenters. The topological polar surface area (TPSA) is 78.4 Å². The van der Waals surface area contributed by atoms with Gasteiger partial charge in [-0.3, -0.25) is 9.89 Å². The largest absolute Gasteiger partial charge is 0.497 e. The Labute approximate surface area is 129 Å². The Bertz CT molecular complexity index is 634. The van der Waals surface area contributed by atoms with E-state index in [2.05, 4.69) is 16.8 Å². The second kappa shape index (κ2) is 7.42. The van der Waals surface area contributed by atoms with Gasteiger partial charge in [-0.05, 0) is 30.3 Å². The van der Waals surface area contributed by atoms with E-state index < -0.39 is 0 Å². The predicted octanol–water partition coefficient (Wildman–Crippen LogP) is 1.71. The molecule has 1 amide bonds. The van der Waals surface area contributed by atoms with Crippen molar-refractivity contribution in [3.8, 4) is 17.0 Å². The molecule has 0 aliphatic carbocycles. The van der Waals surface area contributed by atoms with Gasteiger partial charge in [-0.15, -0.1) is 6.58 Å². The number of carbonyl (C=O) groups is 1. The summed E-state index contributed by atoms with van der Waals surface area (Å²) < 4.78 is 5.11. The number of carbonyl (C=O) groups excluding carboxylic acids is 1. The van der Waals surface area contributed by atoms with Crippen LogP contribution in [0.1, 0.15) is 10.5 Å². The maximum Gasteiger partial charge on any atom is 0.272 e. The lowest BCUT2D eigenvalue weighted by Crippen LogP contribution is -2.33. The van der Waals surface area contributed by atoms with Crippen LogP contribution in [-0.4, -0.2) is 52.9 Å². The number of aliphatic hydroxyl groups excluding tert-OH is 1. The lowest BCUT2D eigenvalue weighted by Gasteiger charge is -2.18. The number of nitrogens with zero attached hydrogens (tertiary/aromatic N) is 2. The number of nitrogens with one attached hydrogen (secondary N) is 1. The lowest BCUT2D eigenvalue weighted by molar-refractivity contribution is 0.0737. The normalized spacial score (nSPS) is 10.3. The minimum atomic E-state index is -0.221. The Kier molecular flexibility index (Phi) is 5.32. The van der Waals surface area contributed by atoms with E-state index >= 15 is 0 Å². The van der Waals surface area contributed by atoms with Crippen LogP contribution in [-0.2, 0) is 0 Å². The number of aromatic amines is 1. The number of hydrogen-bond acceptors (Lipinski definition) is 4. The van der Waals surface area contributed by atoms with Crippen LogP contribution in [0, 0.1) is 0 Å². The number of benzene rings is 1. The molecule has 0 bridgehead atoms. The molecule has 6 nitrogen and oxygen atoms in total. The highest BCUT2D eigenvalue weighted by Crippen LogP contribution is 2.21. The third-order valence-corrected chi connectivity index (χ3v) is 3.20. The van der Waals surface area contributed by atoms with Gasteiger partial charge < -0.3 is 14.7 Å². The number of methoxy groups -OCH3 is 1. The molecule has 22 heavy (non-hydrogen) atoms. The second-order valence-corrected chi connectivity index (χ2v) is 4.66. The summed E-state index contributed by atoms with van der Waals surface area (Å²) in [6.45, 7) is 4.14. The first-order valence-corrected chi connectivity index (χ1v) is 6.90. The molecule has 0 spiro atoms. The van der Waals surface area contributed by atoms with E-state index in [1.54, 1.807) is 19.3 Å². The molecule has 2 N–H and O–H groups in total. The Balaban J connectivity index is 2.18. The van der Waals surface area contributed by atoms with Gasteiger partial charge >= 0.3 is 0 Å². The molecule has 1 aromatic heterocycles. The minimum Gasteiger partial charge on any atom is -0.497 e. The smallest absolute Gasteiger partial charge is 0.272 e. The van der Waals surface area contributed by atoms with Crippen molar-refractivity contribution in [1.82, 2.24) is 15.1 Å². The van der Waals surface area contributed by atoms with Crippen LogP contribution in [0.2, 0.25) is 0 Å². The van der Waals surface area contributed by atoms with E-state index in [1.807, 2.05) is 24.3 Å². The molecular weight excluding hydrogens is 282 g/mol. The van der Waals surface area contributed by atoms with Crippen molar-refractivity contribution < 1.29 is 14.6 Å². The summed E-state index contributed by atoms with van der Waals surface area (Å²) in [5.41, 5.74) is 1.93. The van der Waals surface area contributed by atoms with Gasteiger partial charge in [-0.25, -0.2) is 0 Å². The molecule has 1 heterocycles. The first-order chi connectivity index (χ1) is 10.7. The Morgan fingerprint density at radius 3 is 2.77 bits per heavy atom. The number of aromatic nitrogens is 2. The molecule has 1 aromatic carbocycles. The van der Waals surface area contributed by atoms with Crippen molar-refractivity contribution in [3.05, 3.63) is 48.7 Å². The zero-order valence-corrected chi connectivity index (χ0v) is 12.5. The van der Waals surface area contributed by atoms with Crippen molar-refractivity contribution in [2.45, 2.75) is 0 Å². The van der Waals surface area contributed by atoms with Gasteiger partial charge in [0.2, 0.25) is 0 Å². The van der Waals surface area contributed by atoms with Gasteiger partial charge in [0.1, 0.15) is 11.4 Å².